The van der Waals surface area contributed by atoms with Crippen LogP contribution in [0.3, 0.4) is 0 Å². The van der Waals surface area contributed by atoms with Crippen LogP contribution in [0.25, 0.3) is 0 Å². The number of hydrogen-bond acceptors (Lipinski definition) is 1. The van der Waals surface area contributed by atoms with Crippen molar-refractivity contribution in [2.24, 2.45) is 5.92 Å². The van der Waals surface area contributed by atoms with Gasteiger partial charge >= 0.3 is 0 Å². The molecular weight excluding hydrogens is 433 g/mol. The molecule has 2 aromatic rings. The van der Waals surface area contributed by atoms with E-state index >= 15 is 0 Å². The van der Waals surface area contributed by atoms with Gasteiger partial charge in [0, 0.05) is 5.56 Å². The van der Waals surface area contributed by atoms with Crippen LogP contribution in [-0.4, -0.2) is 6.10 Å². The van der Waals surface area contributed by atoms with E-state index in [4.69, 9.17) is 4.74 Å². The molecule has 0 radical (unpaired) electrons. The van der Waals surface area contributed by atoms with Crippen LogP contribution in [-0.2, 0) is 17.8 Å². The SMILES string of the molecule is CCCc1ccc(C2CCC(OCc3ccc(C4CCC(CC)CC4)c(F)c3F)CC2)c(F)c1. The third-order valence-electron chi connectivity index (χ3n) is 8.25. The summed E-state index contributed by atoms with van der Waals surface area (Å²) in [5.74, 6) is -0.490. The van der Waals surface area contributed by atoms with E-state index in [0.29, 0.717) is 11.1 Å². The average molecular weight is 473 g/mol. The van der Waals surface area contributed by atoms with E-state index in [1.54, 1.807) is 18.2 Å². The molecule has 4 heteroatoms. The van der Waals surface area contributed by atoms with E-state index in [1.165, 1.54) is 6.42 Å². The maximum absolute atomic E-state index is 14.9. The Morgan fingerprint density at radius 1 is 0.765 bits per heavy atom. The highest BCUT2D eigenvalue weighted by atomic mass is 19.2. The quantitative estimate of drug-likeness (QED) is 0.372. The van der Waals surface area contributed by atoms with Crippen molar-refractivity contribution in [2.45, 2.75) is 109 Å². The average Bonchev–Trinajstić information content (AvgIpc) is 2.86. The lowest BCUT2D eigenvalue weighted by molar-refractivity contribution is 0.0116. The summed E-state index contributed by atoms with van der Waals surface area (Å²) in [6.45, 7) is 4.39. The fourth-order valence-corrected chi connectivity index (χ4v) is 6.01. The van der Waals surface area contributed by atoms with Gasteiger partial charge in [-0.25, -0.2) is 13.2 Å². The lowest BCUT2D eigenvalue weighted by Crippen LogP contribution is -2.21. The van der Waals surface area contributed by atoms with Crippen LogP contribution < -0.4 is 0 Å². The van der Waals surface area contributed by atoms with Gasteiger partial charge in [-0.1, -0.05) is 51.0 Å². The van der Waals surface area contributed by atoms with Crippen molar-refractivity contribution >= 4 is 0 Å². The highest BCUT2D eigenvalue weighted by molar-refractivity contribution is 5.30. The molecule has 186 valence electrons. The van der Waals surface area contributed by atoms with E-state index in [-0.39, 0.29) is 30.4 Å². The Morgan fingerprint density at radius 3 is 2.06 bits per heavy atom. The van der Waals surface area contributed by atoms with Crippen LogP contribution in [0.5, 0.6) is 0 Å². The van der Waals surface area contributed by atoms with Gasteiger partial charge < -0.3 is 4.74 Å². The summed E-state index contributed by atoms with van der Waals surface area (Å²) in [4.78, 5) is 0. The topological polar surface area (TPSA) is 9.23 Å². The van der Waals surface area contributed by atoms with Gasteiger partial charge in [0.25, 0.3) is 0 Å². The normalized spacial score (nSPS) is 25.4. The summed E-state index contributed by atoms with van der Waals surface area (Å²) in [6.07, 6.45) is 10.5. The van der Waals surface area contributed by atoms with Crippen LogP contribution in [0.4, 0.5) is 13.2 Å². The molecule has 2 aliphatic carbocycles. The third kappa shape index (κ3) is 5.87. The molecule has 2 fully saturated rings. The lowest BCUT2D eigenvalue weighted by Gasteiger charge is -2.30. The molecule has 0 N–H and O–H groups in total. The molecule has 2 saturated carbocycles. The zero-order valence-electron chi connectivity index (χ0n) is 20.7. The predicted octanol–water partition coefficient (Wildman–Crippen LogP) is 8.98. The standard InChI is InChI=1S/C30H39F3O/c1-3-5-21-8-16-26(28(31)18-21)22-11-14-25(15-12-22)34-19-24-13-17-27(30(33)29(24)32)23-9-6-20(4-2)7-10-23/h8,13,16-18,20,22-23,25H,3-7,9-12,14-15,19H2,1-2H3. The molecule has 4 rings (SSSR count). The number of hydrogen-bond donors (Lipinski definition) is 0. The van der Waals surface area contributed by atoms with Crippen molar-refractivity contribution in [3.63, 3.8) is 0 Å². The van der Waals surface area contributed by atoms with Crippen LogP contribution >= 0.6 is 0 Å². The van der Waals surface area contributed by atoms with Gasteiger partial charge in [0.15, 0.2) is 11.6 Å². The van der Waals surface area contributed by atoms with Gasteiger partial charge in [-0.05, 0) is 98.3 Å². The van der Waals surface area contributed by atoms with Crippen molar-refractivity contribution < 1.29 is 17.9 Å². The minimum absolute atomic E-state index is 0.00475. The van der Waals surface area contributed by atoms with Crippen LogP contribution in [0.1, 0.15) is 112 Å². The van der Waals surface area contributed by atoms with Crippen molar-refractivity contribution in [1.82, 2.24) is 0 Å². The number of aryl methyl sites for hydroxylation is 1. The fraction of sp³-hybridized carbons (Fsp3) is 0.600. The Morgan fingerprint density at radius 2 is 1.41 bits per heavy atom. The molecular formula is C30H39F3O. The summed E-state index contributed by atoms with van der Waals surface area (Å²) in [7, 11) is 0. The van der Waals surface area contributed by atoms with E-state index in [2.05, 4.69) is 13.8 Å². The number of ether oxygens (including phenoxy) is 1. The Hall–Kier alpha value is -1.81. The minimum Gasteiger partial charge on any atom is -0.373 e. The third-order valence-corrected chi connectivity index (χ3v) is 8.25. The molecule has 0 aliphatic heterocycles. The number of halogens is 3. The van der Waals surface area contributed by atoms with Crippen LogP contribution in [0.2, 0.25) is 0 Å². The second kappa shape index (κ2) is 11.7. The Labute approximate surface area is 203 Å². The van der Waals surface area contributed by atoms with Crippen molar-refractivity contribution in [3.8, 4) is 0 Å². The zero-order valence-corrected chi connectivity index (χ0v) is 20.7. The Kier molecular flexibility index (Phi) is 8.74. The summed E-state index contributed by atoms with van der Waals surface area (Å²) in [5.41, 5.74) is 2.68. The molecule has 0 spiro atoms. The summed E-state index contributed by atoms with van der Waals surface area (Å²) in [5, 5.41) is 0. The van der Waals surface area contributed by atoms with Gasteiger partial charge in [0.2, 0.25) is 0 Å². The van der Waals surface area contributed by atoms with E-state index < -0.39 is 11.6 Å². The zero-order chi connectivity index (χ0) is 24.1. The Balaban J connectivity index is 1.30. The summed E-state index contributed by atoms with van der Waals surface area (Å²) in [6, 6.07) is 9.15. The molecule has 2 aromatic carbocycles. The van der Waals surface area contributed by atoms with Crippen molar-refractivity contribution in [3.05, 3.63) is 70.0 Å². The minimum atomic E-state index is -0.752. The van der Waals surface area contributed by atoms with Crippen molar-refractivity contribution in [2.75, 3.05) is 0 Å². The molecule has 0 bridgehead atoms. The van der Waals surface area contributed by atoms with E-state index in [1.807, 2.05) is 12.1 Å². The van der Waals surface area contributed by atoms with Gasteiger partial charge in [-0.3, -0.25) is 0 Å². The first-order chi connectivity index (χ1) is 16.5. The molecule has 1 nitrogen and oxygen atoms in total. The van der Waals surface area contributed by atoms with E-state index in [9.17, 15) is 13.2 Å². The van der Waals surface area contributed by atoms with E-state index in [0.717, 1.165) is 81.3 Å². The second-order valence-corrected chi connectivity index (χ2v) is 10.5. The van der Waals surface area contributed by atoms with Gasteiger partial charge in [0.05, 0.1) is 12.7 Å². The first-order valence-electron chi connectivity index (χ1n) is 13.4. The predicted molar refractivity (Wildman–Crippen MR) is 132 cm³/mol. The molecule has 0 unspecified atom stereocenters. The van der Waals surface area contributed by atoms with Gasteiger partial charge in [-0.15, -0.1) is 0 Å². The summed E-state index contributed by atoms with van der Waals surface area (Å²) < 4.78 is 50.3. The first-order valence-corrected chi connectivity index (χ1v) is 13.4. The highest BCUT2D eigenvalue weighted by Gasteiger charge is 2.27. The van der Waals surface area contributed by atoms with Gasteiger partial charge in [0.1, 0.15) is 5.82 Å². The molecule has 34 heavy (non-hydrogen) atoms. The number of rotatable bonds is 8. The first kappa shape index (κ1) is 25.3. The smallest absolute Gasteiger partial charge is 0.164 e. The monoisotopic (exact) mass is 472 g/mol. The second-order valence-electron chi connectivity index (χ2n) is 10.5. The van der Waals surface area contributed by atoms with Gasteiger partial charge in [-0.2, -0.15) is 0 Å². The fourth-order valence-electron chi connectivity index (χ4n) is 6.01. The highest BCUT2D eigenvalue weighted by Crippen LogP contribution is 2.39. The Bertz CT molecular complexity index is 940. The van der Waals surface area contributed by atoms with Crippen molar-refractivity contribution in [1.29, 1.82) is 0 Å². The lowest BCUT2D eigenvalue weighted by atomic mass is 9.77. The number of benzene rings is 2. The molecule has 0 atom stereocenters. The molecule has 0 saturated heterocycles. The van der Waals surface area contributed by atoms with Crippen LogP contribution in [0.15, 0.2) is 30.3 Å². The molecule has 0 aromatic heterocycles. The molecule has 2 aliphatic rings. The largest absolute Gasteiger partial charge is 0.373 e. The maximum Gasteiger partial charge on any atom is 0.164 e. The molecule has 0 heterocycles. The van der Waals surface area contributed by atoms with Crippen LogP contribution in [0, 0.1) is 23.4 Å². The summed E-state index contributed by atoms with van der Waals surface area (Å²) >= 11 is 0. The maximum atomic E-state index is 14.9. The molecule has 0 amide bonds.